The molecule has 0 aromatic heterocycles. The van der Waals surface area contributed by atoms with E-state index in [1.165, 1.54) is 12.0 Å². The molecule has 1 atom stereocenters. The van der Waals surface area contributed by atoms with Gasteiger partial charge in [-0.05, 0) is 49.2 Å². The average molecular weight is 366 g/mol. The number of aryl methyl sites for hydroxylation is 2. The summed E-state index contributed by atoms with van der Waals surface area (Å²) in [6.07, 6.45) is 0.103. The van der Waals surface area contributed by atoms with Gasteiger partial charge in [0.15, 0.2) is 0 Å². The molecule has 1 aliphatic rings. The summed E-state index contributed by atoms with van der Waals surface area (Å²) in [4.78, 5) is 38.6. The number of anilines is 2. The van der Waals surface area contributed by atoms with E-state index in [1.807, 2.05) is 32.0 Å². The number of carbonyl (C=O) groups is 3. The molecule has 140 valence electrons. The third-order valence-corrected chi connectivity index (χ3v) is 4.59. The highest BCUT2D eigenvalue weighted by Crippen LogP contribution is 2.29. The van der Waals surface area contributed by atoms with Gasteiger partial charge in [-0.3, -0.25) is 9.59 Å². The highest BCUT2D eigenvalue weighted by atomic mass is 16.5. The Morgan fingerprint density at radius 2 is 1.78 bits per heavy atom. The minimum atomic E-state index is -0.512. The normalized spacial score (nSPS) is 16.3. The summed E-state index contributed by atoms with van der Waals surface area (Å²) in [6.45, 7) is 4.16. The van der Waals surface area contributed by atoms with Crippen molar-refractivity contribution in [2.24, 2.45) is 5.92 Å². The number of methoxy groups -OCH3 is 1. The maximum atomic E-state index is 12.7. The highest BCUT2D eigenvalue weighted by molar-refractivity contribution is 6.07. The minimum absolute atomic E-state index is 0.103. The van der Waals surface area contributed by atoms with Crippen molar-refractivity contribution in [3.8, 4) is 0 Å². The molecule has 1 unspecified atom stereocenters. The molecule has 1 fully saturated rings. The number of hydrogen-bond donors (Lipinski definition) is 1. The summed E-state index contributed by atoms with van der Waals surface area (Å²) >= 11 is 0. The van der Waals surface area contributed by atoms with Crippen molar-refractivity contribution in [1.29, 1.82) is 0 Å². The molecular weight excluding hydrogens is 344 g/mol. The first-order valence-corrected chi connectivity index (χ1v) is 8.76. The van der Waals surface area contributed by atoms with Crippen LogP contribution in [0.4, 0.5) is 11.4 Å². The number of rotatable bonds is 4. The molecule has 6 nitrogen and oxygen atoms in total. The molecule has 1 heterocycles. The van der Waals surface area contributed by atoms with Gasteiger partial charge in [0.2, 0.25) is 11.8 Å². The van der Waals surface area contributed by atoms with Crippen LogP contribution in [-0.2, 0) is 14.3 Å². The van der Waals surface area contributed by atoms with Crippen LogP contribution in [0.1, 0.15) is 27.9 Å². The second-order valence-corrected chi connectivity index (χ2v) is 6.78. The molecule has 1 N–H and O–H groups in total. The Morgan fingerprint density at radius 3 is 2.44 bits per heavy atom. The Kier molecular flexibility index (Phi) is 5.26. The van der Waals surface area contributed by atoms with Gasteiger partial charge in [0.1, 0.15) is 0 Å². The van der Waals surface area contributed by atoms with Gasteiger partial charge >= 0.3 is 5.97 Å². The van der Waals surface area contributed by atoms with E-state index in [1.54, 1.807) is 24.3 Å². The monoisotopic (exact) mass is 366 g/mol. The summed E-state index contributed by atoms with van der Waals surface area (Å²) in [5.41, 5.74) is 3.61. The van der Waals surface area contributed by atoms with Crippen LogP contribution in [0, 0.1) is 19.8 Å². The zero-order valence-corrected chi connectivity index (χ0v) is 15.6. The zero-order chi connectivity index (χ0) is 19.6. The van der Waals surface area contributed by atoms with Crippen molar-refractivity contribution < 1.29 is 19.1 Å². The fraction of sp³-hybridized carbons (Fsp3) is 0.286. The first kappa shape index (κ1) is 18.6. The number of nitrogens with zero attached hydrogens (tertiary/aromatic N) is 1. The van der Waals surface area contributed by atoms with E-state index in [4.69, 9.17) is 4.74 Å². The Labute approximate surface area is 158 Å². The molecular formula is C21H22N2O4. The van der Waals surface area contributed by atoms with Crippen LogP contribution < -0.4 is 10.2 Å². The summed E-state index contributed by atoms with van der Waals surface area (Å²) in [7, 11) is 1.30. The van der Waals surface area contributed by atoms with Crippen LogP contribution in [0.3, 0.4) is 0 Å². The van der Waals surface area contributed by atoms with E-state index in [0.717, 1.165) is 16.8 Å². The number of hydrogen-bond acceptors (Lipinski definition) is 4. The number of nitrogens with one attached hydrogen (secondary N) is 1. The van der Waals surface area contributed by atoms with Gasteiger partial charge < -0.3 is 15.0 Å². The van der Waals surface area contributed by atoms with Gasteiger partial charge in [0.25, 0.3) is 0 Å². The molecule has 2 amide bonds. The number of ether oxygens (including phenoxy) is 1. The Hall–Kier alpha value is -3.15. The van der Waals surface area contributed by atoms with Gasteiger partial charge in [-0.15, -0.1) is 0 Å². The molecule has 0 saturated carbocycles. The van der Waals surface area contributed by atoms with Crippen molar-refractivity contribution in [2.75, 3.05) is 23.9 Å². The highest BCUT2D eigenvalue weighted by Gasteiger charge is 2.36. The van der Waals surface area contributed by atoms with Gasteiger partial charge in [0.05, 0.1) is 24.3 Å². The smallest absolute Gasteiger partial charge is 0.339 e. The van der Waals surface area contributed by atoms with Crippen molar-refractivity contribution in [2.45, 2.75) is 20.3 Å². The van der Waals surface area contributed by atoms with Crippen molar-refractivity contribution >= 4 is 29.2 Å². The molecule has 2 aromatic carbocycles. The summed E-state index contributed by atoms with van der Waals surface area (Å²) < 4.78 is 4.79. The van der Waals surface area contributed by atoms with Crippen LogP contribution in [0.5, 0.6) is 0 Å². The summed E-state index contributed by atoms with van der Waals surface area (Å²) in [5.74, 6) is -1.39. The van der Waals surface area contributed by atoms with E-state index in [9.17, 15) is 14.4 Å². The molecule has 1 saturated heterocycles. The molecule has 3 rings (SSSR count). The van der Waals surface area contributed by atoms with Gasteiger partial charge in [-0.2, -0.15) is 0 Å². The predicted octanol–water partition coefficient (Wildman–Crippen LogP) is 3.08. The van der Waals surface area contributed by atoms with Crippen molar-refractivity contribution in [1.82, 2.24) is 0 Å². The van der Waals surface area contributed by atoms with Crippen molar-refractivity contribution in [3.05, 3.63) is 59.2 Å². The largest absolute Gasteiger partial charge is 0.465 e. The molecule has 0 bridgehead atoms. The number of para-hydroxylation sites is 1. The van der Waals surface area contributed by atoms with Crippen molar-refractivity contribution in [3.63, 3.8) is 0 Å². The third-order valence-electron chi connectivity index (χ3n) is 4.59. The number of benzene rings is 2. The van der Waals surface area contributed by atoms with Crippen LogP contribution in [0.2, 0.25) is 0 Å². The summed E-state index contributed by atoms with van der Waals surface area (Å²) in [5, 5.41) is 2.90. The lowest BCUT2D eigenvalue weighted by atomic mass is 10.1. The topological polar surface area (TPSA) is 75.7 Å². The van der Waals surface area contributed by atoms with E-state index in [0.29, 0.717) is 11.3 Å². The fourth-order valence-corrected chi connectivity index (χ4v) is 3.40. The maximum absolute atomic E-state index is 12.7. The maximum Gasteiger partial charge on any atom is 0.339 e. The van der Waals surface area contributed by atoms with Crippen LogP contribution in [-0.4, -0.2) is 31.4 Å². The zero-order valence-electron chi connectivity index (χ0n) is 15.6. The Bertz CT molecular complexity index is 887. The predicted molar refractivity (Wildman–Crippen MR) is 103 cm³/mol. The standard InChI is InChI=1S/C21H22N2O4/c1-13-8-14(2)10-16(9-13)22-20(25)15-11-19(24)23(12-15)18-7-5-4-6-17(18)21(26)27-3/h4-10,15H,11-12H2,1-3H3,(H,22,25). The molecule has 1 aliphatic heterocycles. The van der Waals surface area contributed by atoms with Crippen LogP contribution in [0.15, 0.2) is 42.5 Å². The van der Waals surface area contributed by atoms with E-state index >= 15 is 0 Å². The fourth-order valence-electron chi connectivity index (χ4n) is 3.40. The number of esters is 1. The van der Waals surface area contributed by atoms with Gasteiger partial charge in [-0.25, -0.2) is 4.79 Å². The lowest BCUT2D eigenvalue weighted by Crippen LogP contribution is -2.29. The second kappa shape index (κ2) is 7.61. The SMILES string of the molecule is COC(=O)c1ccccc1N1CC(C(=O)Nc2cc(C)cc(C)c2)CC1=O. The molecule has 6 heteroatoms. The molecule has 2 aromatic rings. The van der Waals surface area contributed by atoms with E-state index < -0.39 is 11.9 Å². The van der Waals surface area contributed by atoms with Crippen LogP contribution in [0.25, 0.3) is 0 Å². The number of amides is 2. The molecule has 0 aliphatic carbocycles. The van der Waals surface area contributed by atoms with E-state index in [2.05, 4.69) is 5.32 Å². The Balaban J connectivity index is 1.78. The van der Waals surface area contributed by atoms with Gasteiger partial charge in [0, 0.05) is 18.7 Å². The lowest BCUT2D eigenvalue weighted by molar-refractivity contribution is -0.122. The minimum Gasteiger partial charge on any atom is -0.465 e. The average Bonchev–Trinajstić information content (AvgIpc) is 3.02. The lowest BCUT2D eigenvalue weighted by Gasteiger charge is -2.19. The molecule has 0 spiro atoms. The third kappa shape index (κ3) is 4.00. The second-order valence-electron chi connectivity index (χ2n) is 6.78. The van der Waals surface area contributed by atoms with Crippen LogP contribution >= 0.6 is 0 Å². The number of carbonyl (C=O) groups excluding carboxylic acids is 3. The Morgan fingerprint density at radius 1 is 1.11 bits per heavy atom. The molecule has 0 radical (unpaired) electrons. The quantitative estimate of drug-likeness (QED) is 0.844. The summed E-state index contributed by atoms with van der Waals surface area (Å²) in [6, 6.07) is 12.6. The van der Waals surface area contributed by atoms with E-state index in [-0.39, 0.29) is 24.8 Å². The molecule has 27 heavy (non-hydrogen) atoms. The first-order valence-electron chi connectivity index (χ1n) is 8.76. The first-order chi connectivity index (χ1) is 12.9. The van der Waals surface area contributed by atoms with Gasteiger partial charge in [-0.1, -0.05) is 18.2 Å².